The molecule has 1 saturated heterocycles. The molecule has 0 saturated carbocycles. The zero-order valence-electron chi connectivity index (χ0n) is 16.3. The minimum atomic E-state index is -0.0252. The molecule has 1 N–H and O–H groups in total. The van der Waals surface area contributed by atoms with Gasteiger partial charge in [-0.05, 0) is 43.4 Å². The van der Waals surface area contributed by atoms with Gasteiger partial charge in [0.25, 0.3) is 0 Å². The Bertz CT molecular complexity index is 1080. The van der Waals surface area contributed by atoms with E-state index in [1.165, 1.54) is 0 Å². The van der Waals surface area contributed by atoms with Crippen molar-refractivity contribution in [1.82, 2.24) is 4.98 Å². The lowest BCUT2D eigenvalue weighted by Gasteiger charge is -2.34. The largest absolute Gasteiger partial charge is 0.370 e. The Balaban J connectivity index is 1.48. The van der Waals surface area contributed by atoms with Crippen molar-refractivity contribution in [3.8, 4) is 6.07 Å². The first-order valence-corrected chi connectivity index (χ1v) is 10.9. The van der Waals surface area contributed by atoms with Crippen molar-refractivity contribution in [3.63, 3.8) is 0 Å². The maximum absolute atomic E-state index is 12.7. The number of nitrogens with one attached hydrogen (secondary N) is 1. The van der Waals surface area contributed by atoms with Crippen molar-refractivity contribution >= 4 is 39.9 Å². The number of hydrogen-bond acceptors (Lipinski definition) is 5. The smallest absolute Gasteiger partial charge is 0.227 e. The molecular weight excluding hydrogens is 380 g/mol. The summed E-state index contributed by atoms with van der Waals surface area (Å²) in [5.41, 5.74) is 3.25. The summed E-state index contributed by atoms with van der Waals surface area (Å²) in [5, 5.41) is 13.6. The quantitative estimate of drug-likeness (QED) is 0.642. The van der Waals surface area contributed by atoms with Crippen LogP contribution in [-0.2, 0) is 4.79 Å². The number of nitriles is 1. The van der Waals surface area contributed by atoms with Gasteiger partial charge in [0.05, 0.1) is 16.8 Å². The topological polar surface area (TPSA) is 69.0 Å². The fraction of sp³-hybridized carbons (Fsp3) is 0.261. The lowest BCUT2D eigenvalue weighted by atomic mass is 9.94. The van der Waals surface area contributed by atoms with E-state index in [-0.39, 0.29) is 11.8 Å². The van der Waals surface area contributed by atoms with Crippen LogP contribution in [0, 0.1) is 17.2 Å². The molecule has 1 aliphatic heterocycles. The first-order chi connectivity index (χ1) is 14.2. The number of nitrogens with zero attached hydrogens (tertiary/aromatic N) is 3. The van der Waals surface area contributed by atoms with Crippen molar-refractivity contribution in [1.29, 1.82) is 5.26 Å². The van der Waals surface area contributed by atoms with Crippen LogP contribution in [0.25, 0.3) is 10.9 Å². The third kappa shape index (κ3) is 4.06. The third-order valence-electron chi connectivity index (χ3n) is 5.39. The zero-order valence-corrected chi connectivity index (χ0v) is 17.1. The first kappa shape index (κ1) is 19.3. The van der Waals surface area contributed by atoms with Gasteiger partial charge < -0.3 is 10.2 Å². The maximum Gasteiger partial charge on any atom is 0.227 e. The number of benzene rings is 2. The van der Waals surface area contributed by atoms with Gasteiger partial charge in [0.1, 0.15) is 6.07 Å². The summed E-state index contributed by atoms with van der Waals surface area (Å²) in [6, 6.07) is 18.1. The van der Waals surface area contributed by atoms with Crippen molar-refractivity contribution < 1.29 is 4.79 Å². The van der Waals surface area contributed by atoms with Gasteiger partial charge in [0, 0.05) is 41.2 Å². The van der Waals surface area contributed by atoms with E-state index >= 15 is 0 Å². The normalized spacial score (nSPS) is 14.6. The highest BCUT2D eigenvalue weighted by atomic mass is 32.2. The molecule has 0 aliphatic carbocycles. The molecule has 1 aliphatic rings. The number of aromatic nitrogens is 1. The number of pyridine rings is 1. The fourth-order valence-corrected chi connectivity index (χ4v) is 4.32. The Morgan fingerprint density at radius 2 is 2.00 bits per heavy atom. The minimum absolute atomic E-state index is 0.0252. The van der Waals surface area contributed by atoms with Crippen molar-refractivity contribution in [3.05, 3.63) is 60.3 Å². The summed E-state index contributed by atoms with van der Waals surface area (Å²) in [6.07, 6.45) is 5.19. The molecule has 5 nitrogen and oxygen atoms in total. The van der Waals surface area contributed by atoms with Crippen molar-refractivity contribution in [2.24, 2.45) is 5.92 Å². The molecule has 0 unspecified atom stereocenters. The Morgan fingerprint density at radius 1 is 1.21 bits per heavy atom. The molecule has 2 heterocycles. The minimum Gasteiger partial charge on any atom is -0.370 e. The Labute approximate surface area is 174 Å². The van der Waals surface area contributed by atoms with Crippen LogP contribution >= 0.6 is 11.8 Å². The van der Waals surface area contributed by atoms with Gasteiger partial charge in [0.2, 0.25) is 5.91 Å². The van der Waals surface area contributed by atoms with Crippen molar-refractivity contribution in [2.75, 3.05) is 29.6 Å². The number of hydrogen-bond donors (Lipinski definition) is 1. The summed E-state index contributed by atoms with van der Waals surface area (Å²) in [4.78, 5) is 20.5. The standard InChI is InChI=1S/C23H22N4OS/c1-29-19-6-4-5-18(13-19)26-23(28)16-9-11-27(12-10-16)22-17(14-24)15-25-21-8-3-2-7-20(21)22/h2-8,13,15-16H,9-12H2,1H3,(H,26,28). The van der Waals surface area contributed by atoms with Gasteiger partial charge in [-0.1, -0.05) is 24.3 Å². The predicted octanol–water partition coefficient (Wildman–Crippen LogP) is 4.68. The number of rotatable bonds is 4. The molecule has 4 rings (SSSR count). The van der Waals surface area contributed by atoms with Crippen LogP contribution < -0.4 is 10.2 Å². The molecule has 146 valence electrons. The Kier molecular flexibility index (Phi) is 5.68. The average Bonchev–Trinajstić information content (AvgIpc) is 2.78. The van der Waals surface area contributed by atoms with E-state index in [1.807, 2.05) is 54.8 Å². The fourth-order valence-electron chi connectivity index (χ4n) is 3.86. The summed E-state index contributed by atoms with van der Waals surface area (Å²) in [6.45, 7) is 1.48. The predicted molar refractivity (Wildman–Crippen MR) is 118 cm³/mol. The van der Waals surface area contributed by atoms with E-state index in [0.29, 0.717) is 5.56 Å². The molecule has 2 aromatic carbocycles. The first-order valence-electron chi connectivity index (χ1n) is 9.67. The van der Waals surface area contributed by atoms with Gasteiger partial charge in [0.15, 0.2) is 0 Å². The van der Waals surface area contributed by atoms with E-state index in [1.54, 1.807) is 18.0 Å². The van der Waals surface area contributed by atoms with Crippen LogP contribution in [-0.4, -0.2) is 30.2 Å². The van der Waals surface area contributed by atoms with Gasteiger partial charge in [-0.2, -0.15) is 5.26 Å². The molecular formula is C23H22N4OS. The zero-order chi connectivity index (χ0) is 20.2. The lowest BCUT2D eigenvalue weighted by molar-refractivity contribution is -0.120. The summed E-state index contributed by atoms with van der Waals surface area (Å²) >= 11 is 1.66. The molecule has 0 spiro atoms. The van der Waals surface area contributed by atoms with E-state index in [9.17, 15) is 10.1 Å². The maximum atomic E-state index is 12.7. The monoisotopic (exact) mass is 402 g/mol. The van der Waals surface area contributed by atoms with Crippen LogP contribution in [0.2, 0.25) is 0 Å². The Hall–Kier alpha value is -3.04. The second-order valence-corrected chi connectivity index (χ2v) is 8.01. The van der Waals surface area contributed by atoms with E-state index in [0.717, 1.165) is 53.1 Å². The van der Waals surface area contributed by atoms with E-state index in [2.05, 4.69) is 21.3 Å². The molecule has 29 heavy (non-hydrogen) atoms. The molecule has 6 heteroatoms. The van der Waals surface area contributed by atoms with E-state index < -0.39 is 0 Å². The van der Waals surface area contributed by atoms with Crippen LogP contribution in [0.3, 0.4) is 0 Å². The average molecular weight is 403 g/mol. The van der Waals surface area contributed by atoms with Gasteiger partial charge in [-0.25, -0.2) is 0 Å². The van der Waals surface area contributed by atoms with Crippen molar-refractivity contribution in [2.45, 2.75) is 17.7 Å². The number of thioether (sulfide) groups is 1. The van der Waals surface area contributed by atoms with Gasteiger partial charge >= 0.3 is 0 Å². The number of amides is 1. The summed E-state index contributed by atoms with van der Waals surface area (Å²) < 4.78 is 0. The molecule has 0 radical (unpaired) electrons. The number of carbonyl (C=O) groups is 1. The lowest BCUT2D eigenvalue weighted by Crippen LogP contribution is -2.38. The van der Waals surface area contributed by atoms with Gasteiger partial charge in [-0.3, -0.25) is 9.78 Å². The number of carbonyl (C=O) groups excluding carboxylic acids is 1. The van der Waals surface area contributed by atoms with Crippen LogP contribution in [0.5, 0.6) is 0 Å². The molecule has 1 aromatic heterocycles. The van der Waals surface area contributed by atoms with Gasteiger partial charge in [-0.15, -0.1) is 11.8 Å². The highest BCUT2D eigenvalue weighted by molar-refractivity contribution is 7.98. The molecule has 1 fully saturated rings. The molecule has 0 bridgehead atoms. The highest BCUT2D eigenvalue weighted by Gasteiger charge is 2.27. The second kappa shape index (κ2) is 8.54. The third-order valence-corrected chi connectivity index (χ3v) is 6.11. The number of anilines is 2. The number of fused-ring (bicyclic) bond motifs is 1. The number of piperidine rings is 1. The molecule has 3 aromatic rings. The number of para-hydroxylation sites is 1. The Morgan fingerprint density at radius 3 is 2.76 bits per heavy atom. The molecule has 0 atom stereocenters. The molecule has 1 amide bonds. The van der Waals surface area contributed by atoms with Crippen LogP contribution in [0.1, 0.15) is 18.4 Å². The SMILES string of the molecule is CSc1cccc(NC(=O)C2CCN(c3c(C#N)cnc4ccccc34)CC2)c1. The van der Waals surface area contributed by atoms with Crippen LogP contribution in [0.4, 0.5) is 11.4 Å². The summed E-state index contributed by atoms with van der Waals surface area (Å²) in [5.74, 6) is 0.0471. The second-order valence-electron chi connectivity index (χ2n) is 7.13. The summed E-state index contributed by atoms with van der Waals surface area (Å²) in [7, 11) is 0. The van der Waals surface area contributed by atoms with Crippen LogP contribution in [0.15, 0.2) is 59.6 Å². The highest BCUT2D eigenvalue weighted by Crippen LogP contribution is 2.32. The van der Waals surface area contributed by atoms with E-state index in [4.69, 9.17) is 0 Å².